The predicted octanol–water partition coefficient (Wildman–Crippen LogP) is 6.63. The zero-order chi connectivity index (χ0) is 27.3. The Morgan fingerprint density at radius 3 is 1.50 bits per heavy atom. The predicted molar refractivity (Wildman–Crippen MR) is 151 cm³/mol. The summed E-state index contributed by atoms with van der Waals surface area (Å²) in [6, 6.07) is 17.4. The second-order valence-corrected chi connectivity index (χ2v) is 8.00. The van der Waals surface area contributed by atoms with E-state index in [0.717, 1.165) is 11.1 Å². The third kappa shape index (κ3) is 7.58. The average molecular weight is 511 g/mol. The summed E-state index contributed by atoms with van der Waals surface area (Å²) in [6.45, 7) is 7.99. The van der Waals surface area contributed by atoms with Crippen LogP contribution in [-0.2, 0) is 0 Å². The Labute approximate surface area is 223 Å². The Morgan fingerprint density at radius 2 is 1.11 bits per heavy atom. The SMILES string of the molecule is C=CCOc1ccc(/C=C/C(=O)c2cccc(C(=O)/C=C/c3ccc(OCC=C)c(OC)c3)c2)cc1OC. The minimum Gasteiger partial charge on any atom is -0.493 e. The Kier molecular flexibility index (Phi) is 10.3. The molecule has 6 heteroatoms. The summed E-state index contributed by atoms with van der Waals surface area (Å²) < 4.78 is 21.8. The van der Waals surface area contributed by atoms with Crippen molar-refractivity contribution in [3.05, 3.63) is 120 Å². The highest BCUT2D eigenvalue weighted by Crippen LogP contribution is 2.29. The van der Waals surface area contributed by atoms with Crippen molar-refractivity contribution in [2.24, 2.45) is 0 Å². The van der Waals surface area contributed by atoms with E-state index in [9.17, 15) is 9.59 Å². The van der Waals surface area contributed by atoms with Gasteiger partial charge in [-0.2, -0.15) is 0 Å². The molecule has 38 heavy (non-hydrogen) atoms. The standard InChI is InChI=1S/C32H30O6/c1-5-18-37-29-16-12-23(20-31(29)35-3)10-14-27(33)25-8-7-9-26(22-25)28(34)15-11-24-13-17-30(38-19-6-2)32(21-24)36-4/h5-17,20-22H,1-2,18-19H2,3-4H3/b14-10+,15-11+. The van der Waals surface area contributed by atoms with E-state index in [1.54, 1.807) is 87.1 Å². The van der Waals surface area contributed by atoms with E-state index in [0.29, 0.717) is 47.3 Å². The first-order valence-electron chi connectivity index (χ1n) is 11.9. The average Bonchev–Trinajstić information content (AvgIpc) is 2.96. The van der Waals surface area contributed by atoms with Crippen molar-refractivity contribution < 1.29 is 28.5 Å². The monoisotopic (exact) mass is 510 g/mol. The molecule has 0 aromatic heterocycles. The first-order chi connectivity index (χ1) is 18.5. The van der Waals surface area contributed by atoms with Crippen molar-refractivity contribution in [1.82, 2.24) is 0 Å². The molecule has 0 radical (unpaired) electrons. The largest absolute Gasteiger partial charge is 0.493 e. The first kappa shape index (κ1) is 27.7. The lowest BCUT2D eigenvalue weighted by atomic mass is 10.0. The lowest BCUT2D eigenvalue weighted by Crippen LogP contribution is -2.00. The lowest BCUT2D eigenvalue weighted by Gasteiger charge is -2.09. The molecule has 0 aliphatic rings. The lowest BCUT2D eigenvalue weighted by molar-refractivity contribution is 0.104. The van der Waals surface area contributed by atoms with Gasteiger partial charge in [-0.1, -0.05) is 67.8 Å². The fourth-order valence-electron chi connectivity index (χ4n) is 3.47. The maximum absolute atomic E-state index is 12.8. The van der Waals surface area contributed by atoms with Gasteiger partial charge in [0, 0.05) is 11.1 Å². The number of hydrogen-bond acceptors (Lipinski definition) is 6. The molecule has 0 aliphatic carbocycles. The van der Waals surface area contributed by atoms with Gasteiger partial charge in [0.25, 0.3) is 0 Å². The Bertz CT molecular complexity index is 1270. The molecular weight excluding hydrogens is 480 g/mol. The van der Waals surface area contributed by atoms with E-state index < -0.39 is 0 Å². The number of methoxy groups -OCH3 is 2. The van der Waals surface area contributed by atoms with Crippen LogP contribution in [0.4, 0.5) is 0 Å². The van der Waals surface area contributed by atoms with Crippen LogP contribution in [-0.4, -0.2) is 39.0 Å². The minimum absolute atomic E-state index is 0.227. The van der Waals surface area contributed by atoms with Crippen LogP contribution >= 0.6 is 0 Å². The zero-order valence-corrected chi connectivity index (χ0v) is 21.5. The number of rotatable bonds is 14. The Hall–Kier alpha value is -4.84. The second kappa shape index (κ2) is 14.0. The van der Waals surface area contributed by atoms with Crippen LogP contribution in [0.5, 0.6) is 23.0 Å². The Balaban J connectivity index is 1.71. The quantitative estimate of drug-likeness (QED) is 0.138. The van der Waals surface area contributed by atoms with Crippen LogP contribution in [0.15, 0.2) is 98.1 Å². The van der Waals surface area contributed by atoms with Crippen molar-refractivity contribution in [3.63, 3.8) is 0 Å². The normalized spacial score (nSPS) is 10.8. The first-order valence-corrected chi connectivity index (χ1v) is 11.9. The number of allylic oxidation sites excluding steroid dienone is 2. The highest BCUT2D eigenvalue weighted by atomic mass is 16.5. The highest BCUT2D eigenvalue weighted by molar-refractivity contribution is 6.11. The van der Waals surface area contributed by atoms with E-state index >= 15 is 0 Å². The number of carbonyl (C=O) groups excluding carboxylic acids is 2. The summed E-state index contributed by atoms with van der Waals surface area (Å²) in [6.07, 6.45) is 9.59. The van der Waals surface area contributed by atoms with Gasteiger partial charge in [-0.05, 0) is 53.6 Å². The maximum atomic E-state index is 12.8. The zero-order valence-electron chi connectivity index (χ0n) is 21.5. The van der Waals surface area contributed by atoms with E-state index in [-0.39, 0.29) is 11.6 Å². The smallest absolute Gasteiger partial charge is 0.185 e. The van der Waals surface area contributed by atoms with Crippen LogP contribution in [0.1, 0.15) is 31.8 Å². The molecule has 0 bridgehead atoms. The molecule has 0 amide bonds. The number of hydrogen-bond donors (Lipinski definition) is 0. The summed E-state index contributed by atoms with van der Waals surface area (Å²) in [5, 5.41) is 0. The maximum Gasteiger partial charge on any atom is 0.185 e. The molecule has 0 spiro atoms. The number of ketones is 2. The number of carbonyl (C=O) groups is 2. The highest BCUT2D eigenvalue weighted by Gasteiger charge is 2.09. The minimum atomic E-state index is -0.227. The molecule has 0 saturated carbocycles. The van der Waals surface area contributed by atoms with Crippen molar-refractivity contribution in [1.29, 1.82) is 0 Å². The van der Waals surface area contributed by atoms with Gasteiger partial charge in [0.1, 0.15) is 13.2 Å². The van der Waals surface area contributed by atoms with Gasteiger partial charge in [0.2, 0.25) is 0 Å². The molecule has 0 heterocycles. The number of benzene rings is 3. The van der Waals surface area contributed by atoms with E-state index in [2.05, 4.69) is 13.2 Å². The van der Waals surface area contributed by atoms with Crippen LogP contribution < -0.4 is 18.9 Å². The van der Waals surface area contributed by atoms with Crippen molar-refractivity contribution in [2.45, 2.75) is 0 Å². The molecule has 0 unspecified atom stereocenters. The molecule has 0 saturated heterocycles. The second-order valence-electron chi connectivity index (χ2n) is 8.00. The third-order valence-electron chi connectivity index (χ3n) is 5.37. The van der Waals surface area contributed by atoms with Gasteiger partial charge < -0.3 is 18.9 Å². The van der Waals surface area contributed by atoms with Gasteiger partial charge >= 0.3 is 0 Å². The fourth-order valence-corrected chi connectivity index (χ4v) is 3.47. The van der Waals surface area contributed by atoms with E-state index in [1.807, 2.05) is 12.1 Å². The third-order valence-corrected chi connectivity index (χ3v) is 5.37. The molecule has 0 atom stereocenters. The molecular formula is C32H30O6. The van der Waals surface area contributed by atoms with Gasteiger partial charge in [-0.25, -0.2) is 0 Å². The molecule has 6 nitrogen and oxygen atoms in total. The van der Waals surface area contributed by atoms with Crippen LogP contribution in [0.2, 0.25) is 0 Å². The van der Waals surface area contributed by atoms with E-state index in [4.69, 9.17) is 18.9 Å². The summed E-state index contributed by atoms with van der Waals surface area (Å²) >= 11 is 0. The topological polar surface area (TPSA) is 71.1 Å². The molecule has 3 aromatic carbocycles. The summed E-state index contributed by atoms with van der Waals surface area (Å²) in [5.41, 5.74) is 2.35. The summed E-state index contributed by atoms with van der Waals surface area (Å²) in [7, 11) is 3.10. The molecule has 194 valence electrons. The van der Waals surface area contributed by atoms with Gasteiger partial charge in [-0.3, -0.25) is 9.59 Å². The fraction of sp³-hybridized carbons (Fsp3) is 0.125. The summed E-state index contributed by atoms with van der Waals surface area (Å²) in [5.74, 6) is 1.83. The van der Waals surface area contributed by atoms with Gasteiger partial charge in [0.15, 0.2) is 34.6 Å². The molecule has 0 fully saturated rings. The van der Waals surface area contributed by atoms with Crippen molar-refractivity contribution in [3.8, 4) is 23.0 Å². The molecule has 0 aliphatic heterocycles. The molecule has 0 N–H and O–H groups in total. The van der Waals surface area contributed by atoms with Gasteiger partial charge in [-0.15, -0.1) is 0 Å². The van der Waals surface area contributed by atoms with Crippen molar-refractivity contribution in [2.75, 3.05) is 27.4 Å². The Morgan fingerprint density at radius 1 is 0.658 bits per heavy atom. The van der Waals surface area contributed by atoms with Crippen LogP contribution in [0, 0.1) is 0 Å². The number of ether oxygens (including phenoxy) is 4. The van der Waals surface area contributed by atoms with Crippen LogP contribution in [0.25, 0.3) is 12.2 Å². The molecule has 3 aromatic rings. The van der Waals surface area contributed by atoms with Crippen molar-refractivity contribution >= 4 is 23.7 Å². The molecule has 3 rings (SSSR count). The summed E-state index contributed by atoms with van der Waals surface area (Å²) in [4.78, 5) is 25.6. The van der Waals surface area contributed by atoms with E-state index in [1.165, 1.54) is 12.2 Å². The van der Waals surface area contributed by atoms with Gasteiger partial charge in [0.05, 0.1) is 14.2 Å². The van der Waals surface area contributed by atoms with Crippen LogP contribution in [0.3, 0.4) is 0 Å².